The Hall–Kier alpha value is -1.51. The van der Waals surface area contributed by atoms with Crippen molar-refractivity contribution in [1.82, 2.24) is 5.32 Å². The van der Waals surface area contributed by atoms with Gasteiger partial charge in [0.25, 0.3) is 0 Å². The Morgan fingerprint density at radius 3 is 2.64 bits per heavy atom. The van der Waals surface area contributed by atoms with Crippen LogP contribution in [0.25, 0.3) is 0 Å². The van der Waals surface area contributed by atoms with Crippen molar-refractivity contribution >= 4 is 6.09 Å². The number of carboxylic acid groups (broad SMARTS) is 1. The van der Waals surface area contributed by atoms with Crippen molar-refractivity contribution in [1.29, 1.82) is 0 Å². The Morgan fingerprint density at radius 2 is 2.09 bits per heavy atom. The van der Waals surface area contributed by atoms with E-state index >= 15 is 0 Å². The molecule has 1 rings (SSSR count). The fourth-order valence-corrected chi connectivity index (χ4v) is 0.774. The highest BCUT2D eigenvalue weighted by atomic mass is 16.4. The van der Waals surface area contributed by atoms with E-state index in [1.54, 1.807) is 0 Å². The lowest BCUT2D eigenvalue weighted by Crippen LogP contribution is -2.19. The fourth-order valence-electron chi connectivity index (χ4n) is 0.774. The number of hydrogen-bond donors (Lipinski definition) is 2. The van der Waals surface area contributed by atoms with E-state index < -0.39 is 6.09 Å². The maximum Gasteiger partial charge on any atom is 0.404 e. The summed E-state index contributed by atoms with van der Waals surface area (Å²) in [7, 11) is 0. The van der Waals surface area contributed by atoms with Crippen molar-refractivity contribution in [2.45, 2.75) is 6.54 Å². The number of hydrogen-bond acceptors (Lipinski definition) is 1. The van der Waals surface area contributed by atoms with Gasteiger partial charge in [0, 0.05) is 7.97 Å². The lowest BCUT2D eigenvalue weighted by Gasteiger charge is -1.98. The highest BCUT2D eigenvalue weighted by molar-refractivity contribution is 5.64. The lowest BCUT2D eigenvalue weighted by molar-refractivity contribution is 0.194. The molecule has 0 bridgehead atoms. The van der Waals surface area contributed by atoms with Gasteiger partial charge < -0.3 is 10.4 Å². The first kappa shape index (κ1) is 7.60. The van der Waals surface area contributed by atoms with Gasteiger partial charge in [0.05, 0.1) is 0 Å². The molecule has 0 aliphatic heterocycles. The van der Waals surface area contributed by atoms with E-state index in [-0.39, 0.29) is 1.43 Å². The number of nitrogens with one attached hydrogen (secondary N) is 1. The van der Waals surface area contributed by atoms with Crippen LogP contribution in [-0.2, 0) is 6.54 Å². The molecule has 0 aliphatic carbocycles. The second-order valence-corrected chi connectivity index (χ2v) is 2.14. The van der Waals surface area contributed by atoms with Crippen molar-refractivity contribution in [3.05, 3.63) is 35.9 Å². The molecule has 0 atom stereocenters. The molecule has 1 aromatic carbocycles. The molecule has 3 nitrogen and oxygen atoms in total. The zero-order valence-electron chi connectivity index (χ0n) is 5.95. The number of rotatable bonds is 2. The van der Waals surface area contributed by atoms with Crippen molar-refractivity contribution in [2.75, 3.05) is 0 Å². The summed E-state index contributed by atoms with van der Waals surface area (Å²) in [4.78, 5) is 10.1. The molecule has 0 heterocycles. The number of amides is 1. The van der Waals surface area contributed by atoms with Crippen molar-refractivity contribution in [3.8, 4) is 0 Å². The van der Waals surface area contributed by atoms with Crippen LogP contribution >= 0.6 is 0 Å². The van der Waals surface area contributed by atoms with Crippen LogP contribution in [0.4, 0.5) is 4.79 Å². The predicted molar refractivity (Wildman–Crippen MR) is 43.4 cm³/mol. The monoisotopic (exact) mass is 153 g/mol. The zero-order chi connectivity index (χ0) is 8.10. The molecule has 0 fully saturated rings. The van der Waals surface area contributed by atoms with Gasteiger partial charge in [-0.3, -0.25) is 0 Å². The number of benzene rings is 1. The van der Waals surface area contributed by atoms with Gasteiger partial charge in [0.15, 0.2) is 0 Å². The molecule has 0 saturated carbocycles. The highest BCUT2D eigenvalue weighted by Gasteiger charge is 1.93. The van der Waals surface area contributed by atoms with E-state index in [2.05, 4.69) is 5.32 Å². The third-order valence-electron chi connectivity index (χ3n) is 1.29. The van der Waals surface area contributed by atoms with Crippen LogP contribution in [0.15, 0.2) is 30.3 Å². The summed E-state index contributed by atoms with van der Waals surface area (Å²) < 4.78 is 0. The van der Waals surface area contributed by atoms with Crippen molar-refractivity contribution < 1.29 is 11.3 Å². The Morgan fingerprint density at radius 1 is 1.45 bits per heavy atom. The summed E-state index contributed by atoms with van der Waals surface area (Å²) in [5.74, 6) is 0. The summed E-state index contributed by atoms with van der Waals surface area (Å²) in [5, 5.41) is 10.5. The summed E-state index contributed by atoms with van der Waals surface area (Å²) >= 11 is 0. The first-order valence-corrected chi connectivity index (χ1v) is 3.30. The van der Waals surface area contributed by atoms with Crippen LogP contribution in [0.1, 0.15) is 6.99 Å². The SMILES string of the molecule is O=C(O)NCc1ccccc1.[HH]. The average molecular weight is 153 g/mol. The number of carbonyl (C=O) groups is 1. The topological polar surface area (TPSA) is 49.3 Å². The van der Waals surface area contributed by atoms with Crippen LogP contribution < -0.4 is 5.32 Å². The fraction of sp³-hybridized carbons (Fsp3) is 0.125. The standard InChI is InChI=1S/C8H9NO2.H2/c10-8(11)9-6-7-4-2-1-3-5-7;/h1-5,9H,6H2,(H,10,11);1H. The minimum atomic E-state index is -0.992. The smallest absolute Gasteiger partial charge is 0.404 e. The molecule has 0 radical (unpaired) electrons. The second-order valence-electron chi connectivity index (χ2n) is 2.14. The minimum absolute atomic E-state index is 0. The van der Waals surface area contributed by atoms with E-state index in [1.165, 1.54) is 0 Å². The van der Waals surface area contributed by atoms with Crippen molar-refractivity contribution in [2.24, 2.45) is 0 Å². The van der Waals surface area contributed by atoms with E-state index in [0.717, 1.165) is 5.56 Å². The van der Waals surface area contributed by atoms with Gasteiger partial charge in [-0.05, 0) is 5.56 Å². The Balaban J connectivity index is 0.00000121. The Labute approximate surface area is 66.2 Å². The lowest BCUT2D eigenvalue weighted by atomic mass is 10.2. The molecular weight excluding hydrogens is 142 g/mol. The zero-order valence-corrected chi connectivity index (χ0v) is 5.95. The highest BCUT2D eigenvalue weighted by Crippen LogP contribution is 1.96. The third kappa shape index (κ3) is 2.71. The van der Waals surface area contributed by atoms with E-state index in [0.29, 0.717) is 6.54 Å². The maximum atomic E-state index is 10.1. The van der Waals surface area contributed by atoms with Crippen LogP contribution in [0.3, 0.4) is 0 Å². The van der Waals surface area contributed by atoms with Gasteiger partial charge in [-0.1, -0.05) is 30.3 Å². The first-order valence-electron chi connectivity index (χ1n) is 3.30. The summed E-state index contributed by atoms with van der Waals surface area (Å²) in [6.45, 7) is 0.371. The molecule has 60 valence electrons. The molecule has 0 saturated heterocycles. The van der Waals surface area contributed by atoms with E-state index in [9.17, 15) is 4.79 Å². The molecule has 0 unspecified atom stereocenters. The summed E-state index contributed by atoms with van der Waals surface area (Å²) in [6, 6.07) is 9.38. The van der Waals surface area contributed by atoms with Gasteiger partial charge in [-0.15, -0.1) is 0 Å². The molecule has 0 spiro atoms. The third-order valence-corrected chi connectivity index (χ3v) is 1.29. The van der Waals surface area contributed by atoms with Gasteiger partial charge in [-0.2, -0.15) is 0 Å². The molecule has 3 heteroatoms. The summed E-state index contributed by atoms with van der Waals surface area (Å²) in [5.41, 5.74) is 0.968. The largest absolute Gasteiger partial charge is 0.465 e. The average Bonchev–Trinajstić information content (AvgIpc) is 2.03. The molecule has 0 aromatic heterocycles. The molecule has 0 aliphatic rings. The summed E-state index contributed by atoms with van der Waals surface area (Å²) in [6.07, 6.45) is -0.992. The van der Waals surface area contributed by atoms with Crippen LogP contribution in [0.5, 0.6) is 0 Å². The van der Waals surface area contributed by atoms with E-state index in [1.807, 2.05) is 30.3 Å². The molecule has 1 aromatic rings. The normalized spacial score (nSPS) is 9.09. The van der Waals surface area contributed by atoms with E-state index in [4.69, 9.17) is 5.11 Å². The van der Waals surface area contributed by atoms with Gasteiger partial charge in [-0.25, -0.2) is 4.79 Å². The van der Waals surface area contributed by atoms with Crippen LogP contribution in [0, 0.1) is 0 Å². The van der Waals surface area contributed by atoms with Gasteiger partial charge in [0.2, 0.25) is 0 Å². The molecule has 2 N–H and O–H groups in total. The second kappa shape index (κ2) is 3.61. The Bertz CT molecular complexity index is 238. The van der Waals surface area contributed by atoms with Crippen molar-refractivity contribution in [3.63, 3.8) is 0 Å². The predicted octanol–water partition coefficient (Wildman–Crippen LogP) is 1.70. The van der Waals surface area contributed by atoms with Gasteiger partial charge in [0.1, 0.15) is 0 Å². The van der Waals surface area contributed by atoms with Crippen LogP contribution in [-0.4, -0.2) is 11.2 Å². The Kier molecular flexibility index (Phi) is 2.49. The van der Waals surface area contributed by atoms with Gasteiger partial charge >= 0.3 is 6.09 Å². The maximum absolute atomic E-state index is 10.1. The molecular formula is C8H11NO2. The molecule has 1 amide bonds. The molecule has 11 heavy (non-hydrogen) atoms. The van der Waals surface area contributed by atoms with Crippen LogP contribution in [0.2, 0.25) is 0 Å². The minimum Gasteiger partial charge on any atom is -0.465 e. The first-order chi connectivity index (χ1) is 5.29. The quantitative estimate of drug-likeness (QED) is 0.679.